The summed E-state index contributed by atoms with van der Waals surface area (Å²) in [5.41, 5.74) is 2.59. The van der Waals surface area contributed by atoms with Crippen molar-refractivity contribution >= 4 is 17.7 Å². The van der Waals surface area contributed by atoms with Gasteiger partial charge in [0, 0.05) is 29.8 Å². The first-order valence-corrected chi connectivity index (χ1v) is 11.4. The Morgan fingerprint density at radius 3 is 2.34 bits per heavy atom. The van der Waals surface area contributed by atoms with E-state index in [1.807, 2.05) is 46.8 Å². The van der Waals surface area contributed by atoms with Gasteiger partial charge in [-0.2, -0.15) is 0 Å². The van der Waals surface area contributed by atoms with Gasteiger partial charge in [0.15, 0.2) is 0 Å². The largest absolute Gasteiger partial charge is 0.350 e. The number of alkyl halides is 2. The Kier molecular flexibility index (Phi) is 9.89. The number of hydrogen-bond donors (Lipinski definition) is 4. The monoisotopic (exact) mass is 488 g/mol. The van der Waals surface area contributed by atoms with Gasteiger partial charge < -0.3 is 21.3 Å². The number of rotatable bonds is 10. The molecular formula is C26H34F2N4O3. The molecule has 0 aliphatic carbocycles. The number of hydrogen-bond acceptors (Lipinski definition) is 4. The Hall–Kier alpha value is -3.33. The predicted molar refractivity (Wildman–Crippen MR) is 131 cm³/mol. The molecule has 1 atom stereocenters. The van der Waals surface area contributed by atoms with Crippen LogP contribution in [0.15, 0.2) is 42.5 Å². The summed E-state index contributed by atoms with van der Waals surface area (Å²) in [5.74, 6) is -1.60. The van der Waals surface area contributed by atoms with Gasteiger partial charge in [-0.15, -0.1) is 0 Å². The minimum atomic E-state index is -2.70. The van der Waals surface area contributed by atoms with Crippen LogP contribution < -0.4 is 21.3 Å². The standard InChI is InChI=1S/C26H34F2N4O3/c1-16-9-10-20(17(2)11-16)13-29-14-21(25(35)32-26(3,4)5)31-22(33)15-30-24(34)19-8-6-7-18(12-19)23(27)28/h6-12,21,23,29H,13-15H2,1-5H3,(H,30,34)(H,31,33)(H,32,35)/t21-/m0/s1. The fourth-order valence-electron chi connectivity index (χ4n) is 3.38. The van der Waals surface area contributed by atoms with Crippen molar-refractivity contribution in [3.8, 4) is 0 Å². The number of carbonyl (C=O) groups excluding carboxylic acids is 3. The summed E-state index contributed by atoms with van der Waals surface area (Å²) in [6.07, 6.45) is -2.70. The highest BCUT2D eigenvalue weighted by Gasteiger charge is 2.24. The first kappa shape index (κ1) is 27.9. The quantitative estimate of drug-likeness (QED) is 0.413. The highest BCUT2D eigenvalue weighted by atomic mass is 19.3. The second-order valence-corrected chi connectivity index (χ2v) is 9.53. The molecule has 0 radical (unpaired) electrons. The van der Waals surface area contributed by atoms with E-state index >= 15 is 0 Å². The molecule has 0 saturated carbocycles. The lowest BCUT2D eigenvalue weighted by atomic mass is 10.1. The molecular weight excluding hydrogens is 454 g/mol. The fraction of sp³-hybridized carbons (Fsp3) is 0.423. The van der Waals surface area contributed by atoms with Crippen molar-refractivity contribution in [2.75, 3.05) is 13.1 Å². The molecule has 0 aromatic heterocycles. The van der Waals surface area contributed by atoms with Gasteiger partial charge >= 0.3 is 0 Å². The summed E-state index contributed by atoms with van der Waals surface area (Å²) in [6, 6.07) is 10.2. The number of nitrogens with one attached hydrogen (secondary N) is 4. The maximum absolute atomic E-state index is 12.9. The number of carbonyl (C=O) groups is 3. The highest BCUT2D eigenvalue weighted by molar-refractivity contribution is 5.97. The van der Waals surface area contributed by atoms with Gasteiger partial charge in [0.2, 0.25) is 11.8 Å². The predicted octanol–water partition coefficient (Wildman–Crippen LogP) is 3.16. The Balaban J connectivity index is 1.98. The highest BCUT2D eigenvalue weighted by Crippen LogP contribution is 2.19. The zero-order valence-corrected chi connectivity index (χ0v) is 20.8. The third-order valence-electron chi connectivity index (χ3n) is 5.12. The second-order valence-electron chi connectivity index (χ2n) is 9.53. The van der Waals surface area contributed by atoms with Crippen molar-refractivity contribution < 1.29 is 23.2 Å². The van der Waals surface area contributed by atoms with Crippen LogP contribution in [-0.2, 0) is 16.1 Å². The van der Waals surface area contributed by atoms with Crippen molar-refractivity contribution in [3.05, 3.63) is 70.3 Å². The maximum Gasteiger partial charge on any atom is 0.263 e. The van der Waals surface area contributed by atoms with Crippen molar-refractivity contribution in [1.82, 2.24) is 21.3 Å². The molecule has 0 bridgehead atoms. The molecule has 2 aromatic carbocycles. The van der Waals surface area contributed by atoms with Crippen molar-refractivity contribution in [2.24, 2.45) is 0 Å². The molecule has 190 valence electrons. The molecule has 2 aromatic rings. The normalized spacial score (nSPS) is 12.2. The van der Waals surface area contributed by atoms with Gasteiger partial charge in [-0.25, -0.2) is 8.78 Å². The first-order chi connectivity index (χ1) is 16.4. The van der Waals surface area contributed by atoms with Crippen LogP contribution in [0.5, 0.6) is 0 Å². The van der Waals surface area contributed by atoms with Crippen LogP contribution in [0.2, 0.25) is 0 Å². The van der Waals surface area contributed by atoms with E-state index in [1.165, 1.54) is 18.2 Å². The van der Waals surface area contributed by atoms with E-state index in [-0.39, 0.29) is 23.6 Å². The zero-order chi connectivity index (χ0) is 26.2. The van der Waals surface area contributed by atoms with E-state index in [1.54, 1.807) is 0 Å². The van der Waals surface area contributed by atoms with Gasteiger partial charge in [-0.1, -0.05) is 35.9 Å². The summed E-state index contributed by atoms with van der Waals surface area (Å²) in [4.78, 5) is 37.6. The lowest BCUT2D eigenvalue weighted by Gasteiger charge is -2.26. The molecule has 0 saturated heterocycles. The summed E-state index contributed by atoms with van der Waals surface area (Å²) < 4.78 is 25.7. The average Bonchev–Trinajstić information content (AvgIpc) is 2.77. The molecule has 3 amide bonds. The van der Waals surface area contributed by atoms with Gasteiger partial charge in [0.25, 0.3) is 12.3 Å². The summed E-state index contributed by atoms with van der Waals surface area (Å²) in [6.45, 7) is 9.80. The molecule has 35 heavy (non-hydrogen) atoms. The van der Waals surface area contributed by atoms with Crippen molar-refractivity contribution in [2.45, 2.75) is 59.2 Å². The van der Waals surface area contributed by atoms with Crippen molar-refractivity contribution in [3.63, 3.8) is 0 Å². The van der Waals surface area contributed by atoms with E-state index in [2.05, 4.69) is 27.3 Å². The SMILES string of the molecule is Cc1ccc(CNC[C@H](NC(=O)CNC(=O)c2cccc(C(F)F)c2)C(=O)NC(C)(C)C)c(C)c1. The third-order valence-corrected chi connectivity index (χ3v) is 5.12. The lowest BCUT2D eigenvalue weighted by Crippen LogP contribution is -2.56. The van der Waals surface area contributed by atoms with Crippen LogP contribution in [0, 0.1) is 13.8 Å². The topological polar surface area (TPSA) is 99.3 Å². The summed E-state index contributed by atoms with van der Waals surface area (Å²) in [7, 11) is 0. The summed E-state index contributed by atoms with van der Waals surface area (Å²) in [5, 5.41) is 11.1. The Bertz CT molecular complexity index is 1050. The zero-order valence-electron chi connectivity index (χ0n) is 20.8. The molecule has 0 aliphatic heterocycles. The Morgan fingerprint density at radius 2 is 1.71 bits per heavy atom. The van der Waals surface area contributed by atoms with Gasteiger partial charge in [-0.05, 0) is 57.9 Å². The molecule has 2 rings (SSSR count). The minimum absolute atomic E-state index is 0.0211. The number of aryl methyl sites for hydroxylation is 2. The molecule has 0 aliphatic rings. The minimum Gasteiger partial charge on any atom is -0.350 e. The molecule has 0 spiro atoms. The number of halogens is 2. The third kappa shape index (κ3) is 9.44. The molecule has 4 N–H and O–H groups in total. The van der Waals surface area contributed by atoms with E-state index < -0.39 is 36.4 Å². The van der Waals surface area contributed by atoms with Crippen LogP contribution in [0.3, 0.4) is 0 Å². The van der Waals surface area contributed by atoms with Crippen LogP contribution in [-0.4, -0.2) is 42.4 Å². The fourth-order valence-corrected chi connectivity index (χ4v) is 3.38. The molecule has 7 nitrogen and oxygen atoms in total. The van der Waals surface area contributed by atoms with Crippen LogP contribution in [0.4, 0.5) is 8.78 Å². The smallest absolute Gasteiger partial charge is 0.263 e. The maximum atomic E-state index is 12.9. The number of amides is 3. The first-order valence-electron chi connectivity index (χ1n) is 11.4. The van der Waals surface area contributed by atoms with Gasteiger partial charge in [-0.3, -0.25) is 14.4 Å². The summed E-state index contributed by atoms with van der Waals surface area (Å²) >= 11 is 0. The van der Waals surface area contributed by atoms with E-state index in [0.29, 0.717) is 6.54 Å². The Labute approximate surface area is 205 Å². The van der Waals surface area contributed by atoms with E-state index in [9.17, 15) is 23.2 Å². The molecule has 0 unspecified atom stereocenters. The van der Waals surface area contributed by atoms with E-state index in [0.717, 1.165) is 22.8 Å². The second kappa shape index (κ2) is 12.4. The van der Waals surface area contributed by atoms with Gasteiger partial charge in [0.05, 0.1) is 6.54 Å². The molecule has 0 heterocycles. The average molecular weight is 489 g/mol. The van der Waals surface area contributed by atoms with Crippen LogP contribution in [0.25, 0.3) is 0 Å². The van der Waals surface area contributed by atoms with E-state index in [4.69, 9.17) is 0 Å². The lowest BCUT2D eigenvalue weighted by molar-refractivity contribution is -0.129. The van der Waals surface area contributed by atoms with Gasteiger partial charge in [0.1, 0.15) is 6.04 Å². The molecule has 9 heteroatoms. The number of benzene rings is 2. The Morgan fingerprint density at radius 1 is 1.00 bits per heavy atom. The van der Waals surface area contributed by atoms with Crippen LogP contribution >= 0.6 is 0 Å². The van der Waals surface area contributed by atoms with Crippen LogP contribution in [0.1, 0.15) is 59.8 Å². The van der Waals surface area contributed by atoms with Crippen molar-refractivity contribution in [1.29, 1.82) is 0 Å². The molecule has 0 fully saturated rings.